The van der Waals surface area contributed by atoms with Gasteiger partial charge in [-0.2, -0.15) is 5.10 Å². The van der Waals surface area contributed by atoms with Crippen LogP contribution in [0, 0.1) is 0 Å². The van der Waals surface area contributed by atoms with E-state index in [9.17, 15) is 9.90 Å². The van der Waals surface area contributed by atoms with Gasteiger partial charge in [-0.25, -0.2) is 9.99 Å². The minimum absolute atomic E-state index is 0.141. The van der Waals surface area contributed by atoms with Crippen LogP contribution in [0.2, 0.25) is 5.02 Å². The predicted molar refractivity (Wildman–Crippen MR) is 164 cm³/mol. The van der Waals surface area contributed by atoms with Crippen molar-refractivity contribution < 1.29 is 24.1 Å². The number of rotatable bonds is 9. The molecule has 1 aliphatic carbocycles. The number of morpholine rings is 1. The van der Waals surface area contributed by atoms with Crippen molar-refractivity contribution in [1.29, 1.82) is 0 Å². The van der Waals surface area contributed by atoms with Crippen LogP contribution >= 0.6 is 11.6 Å². The number of pyridine rings is 1. The van der Waals surface area contributed by atoms with Gasteiger partial charge in [-0.3, -0.25) is 4.79 Å². The van der Waals surface area contributed by atoms with Crippen LogP contribution in [0.5, 0.6) is 11.5 Å². The number of fused-ring (bicyclic) bond motifs is 1. The van der Waals surface area contributed by atoms with Crippen LogP contribution in [-0.2, 0) is 11.2 Å². The number of halogens is 1. The molecule has 0 radical (unpaired) electrons. The molecule has 1 saturated heterocycles. The summed E-state index contributed by atoms with van der Waals surface area (Å²) >= 11 is 6.40. The number of aryl methyl sites for hydroxylation is 1. The standard InChI is InChI=1S/C30H33ClN6O5/c1-40-25-10-8-21(17-26(25)41-2)37(33-18-27(32)38)24-5-3-4-19-6-7-20(16-22(19)24)34-30(39)29-23(31)9-11-28(35-29)36-12-14-42-15-13-36/h5-11,16-18,27,38H,3-4,12-15,32H2,1-2H3,(H,34,39)/b33-18+. The number of methoxy groups -OCH3 is 2. The summed E-state index contributed by atoms with van der Waals surface area (Å²) in [4.78, 5) is 20.0. The molecule has 5 rings (SSSR count). The average molecular weight is 593 g/mol. The Hall–Kier alpha value is -4.16. The number of nitrogens with two attached hydrogens (primary N) is 1. The molecule has 4 N–H and O–H groups in total. The highest BCUT2D eigenvalue weighted by atomic mass is 35.5. The van der Waals surface area contributed by atoms with Crippen molar-refractivity contribution in [1.82, 2.24) is 4.98 Å². The minimum atomic E-state index is -1.26. The maximum Gasteiger partial charge on any atom is 0.275 e. The number of hydrogen-bond donors (Lipinski definition) is 3. The van der Waals surface area contributed by atoms with E-state index in [1.54, 1.807) is 37.4 Å². The summed E-state index contributed by atoms with van der Waals surface area (Å²) in [5, 5.41) is 19.1. The van der Waals surface area contributed by atoms with E-state index in [-0.39, 0.29) is 10.7 Å². The lowest BCUT2D eigenvalue weighted by molar-refractivity contribution is 0.102. The number of carbonyl (C=O) groups excluding carboxylic acids is 1. The van der Waals surface area contributed by atoms with Crippen LogP contribution in [0.4, 0.5) is 17.2 Å². The van der Waals surface area contributed by atoms with E-state index >= 15 is 0 Å². The summed E-state index contributed by atoms with van der Waals surface area (Å²) in [7, 11) is 3.12. The molecule has 1 amide bonds. The third-order valence-electron chi connectivity index (χ3n) is 6.95. The molecule has 2 heterocycles. The molecule has 0 spiro atoms. The lowest BCUT2D eigenvalue weighted by Gasteiger charge is -2.28. The number of ether oxygens (including phenoxy) is 3. The number of nitrogens with one attached hydrogen (secondary N) is 1. The number of allylic oxidation sites excluding steroid dienone is 1. The molecule has 220 valence electrons. The second-order valence-electron chi connectivity index (χ2n) is 9.66. The number of aromatic nitrogens is 1. The first-order chi connectivity index (χ1) is 20.4. The molecule has 0 saturated carbocycles. The summed E-state index contributed by atoms with van der Waals surface area (Å²) in [5.41, 5.74) is 9.65. The molecule has 3 aromatic rings. The highest BCUT2D eigenvalue weighted by molar-refractivity contribution is 6.34. The number of hydrogen-bond acceptors (Lipinski definition) is 10. The van der Waals surface area contributed by atoms with Crippen LogP contribution < -0.4 is 30.4 Å². The van der Waals surface area contributed by atoms with Gasteiger partial charge in [0.2, 0.25) is 0 Å². The molecule has 11 nitrogen and oxygen atoms in total. The fourth-order valence-electron chi connectivity index (χ4n) is 4.90. The van der Waals surface area contributed by atoms with E-state index in [2.05, 4.69) is 26.4 Å². The smallest absolute Gasteiger partial charge is 0.275 e. The topological polar surface area (TPSA) is 135 Å². The number of nitrogens with zero attached hydrogens (tertiary/aromatic N) is 4. The van der Waals surface area contributed by atoms with E-state index in [0.29, 0.717) is 55.0 Å². The lowest BCUT2D eigenvalue weighted by atomic mass is 9.93. The third kappa shape index (κ3) is 6.50. The summed E-state index contributed by atoms with van der Waals surface area (Å²) in [6.45, 7) is 2.59. The van der Waals surface area contributed by atoms with Gasteiger partial charge >= 0.3 is 0 Å². The molecule has 1 unspecified atom stereocenters. The molecule has 1 aliphatic heterocycles. The van der Waals surface area contributed by atoms with E-state index < -0.39 is 12.1 Å². The van der Waals surface area contributed by atoms with Gasteiger partial charge in [0.1, 0.15) is 17.7 Å². The minimum Gasteiger partial charge on any atom is -0.493 e. The first-order valence-corrected chi connectivity index (χ1v) is 13.9. The monoisotopic (exact) mass is 592 g/mol. The highest BCUT2D eigenvalue weighted by Crippen LogP contribution is 2.38. The molecule has 12 heteroatoms. The van der Waals surface area contributed by atoms with Crippen LogP contribution in [0.15, 0.2) is 59.7 Å². The van der Waals surface area contributed by atoms with Crippen molar-refractivity contribution in [2.45, 2.75) is 19.1 Å². The number of hydrazone groups is 1. The molecule has 2 aromatic carbocycles. The summed E-state index contributed by atoms with van der Waals surface area (Å²) in [6.07, 6.45) is 3.62. The van der Waals surface area contributed by atoms with Crippen LogP contribution in [0.3, 0.4) is 0 Å². The Bertz CT molecular complexity index is 1510. The van der Waals surface area contributed by atoms with Crippen molar-refractivity contribution in [3.05, 3.63) is 76.5 Å². The molecule has 2 aliphatic rings. The van der Waals surface area contributed by atoms with E-state index in [1.165, 1.54) is 6.21 Å². The number of aliphatic hydroxyl groups is 1. The van der Waals surface area contributed by atoms with Gasteiger partial charge in [0.05, 0.1) is 50.1 Å². The Morgan fingerprint density at radius 1 is 1.17 bits per heavy atom. The molecule has 1 aromatic heterocycles. The molecule has 1 fully saturated rings. The Kier molecular flexibility index (Phi) is 9.23. The first kappa shape index (κ1) is 29.3. The van der Waals surface area contributed by atoms with Crippen molar-refractivity contribution in [2.24, 2.45) is 10.8 Å². The second kappa shape index (κ2) is 13.2. The first-order valence-electron chi connectivity index (χ1n) is 13.5. The van der Waals surface area contributed by atoms with Gasteiger partial charge < -0.3 is 35.3 Å². The number of anilines is 3. The Labute approximate surface area is 249 Å². The van der Waals surface area contributed by atoms with Crippen LogP contribution in [0.25, 0.3) is 5.70 Å². The Morgan fingerprint density at radius 3 is 2.69 bits per heavy atom. The largest absolute Gasteiger partial charge is 0.493 e. The third-order valence-corrected chi connectivity index (χ3v) is 7.26. The number of aliphatic hydroxyl groups excluding tert-OH is 1. The normalized spacial score (nSPS) is 15.5. The summed E-state index contributed by atoms with van der Waals surface area (Å²) < 4.78 is 16.3. The Morgan fingerprint density at radius 2 is 1.95 bits per heavy atom. The van der Waals surface area contributed by atoms with Crippen molar-refractivity contribution in [3.8, 4) is 11.5 Å². The van der Waals surface area contributed by atoms with Crippen molar-refractivity contribution >= 4 is 46.6 Å². The highest BCUT2D eigenvalue weighted by Gasteiger charge is 2.23. The molecular formula is C30H33ClN6O5. The fraction of sp³-hybridized carbons (Fsp3) is 0.300. The molecular weight excluding hydrogens is 560 g/mol. The zero-order chi connectivity index (χ0) is 29.6. The summed E-state index contributed by atoms with van der Waals surface area (Å²) in [5.74, 6) is 1.34. The zero-order valence-electron chi connectivity index (χ0n) is 23.4. The fourth-order valence-corrected chi connectivity index (χ4v) is 5.09. The van der Waals surface area contributed by atoms with Gasteiger partial charge in [-0.05, 0) is 54.8 Å². The molecule has 1 atom stereocenters. The molecule has 42 heavy (non-hydrogen) atoms. The summed E-state index contributed by atoms with van der Waals surface area (Å²) in [6, 6.07) is 14.6. The maximum atomic E-state index is 13.4. The second-order valence-corrected chi connectivity index (χ2v) is 10.1. The van der Waals surface area contributed by atoms with Gasteiger partial charge in [0, 0.05) is 30.4 Å². The zero-order valence-corrected chi connectivity index (χ0v) is 24.2. The van der Waals surface area contributed by atoms with Crippen LogP contribution in [0.1, 0.15) is 28.0 Å². The van der Waals surface area contributed by atoms with E-state index in [4.69, 9.17) is 31.5 Å². The van der Waals surface area contributed by atoms with E-state index in [0.717, 1.165) is 29.7 Å². The average Bonchev–Trinajstić information content (AvgIpc) is 3.01. The van der Waals surface area contributed by atoms with E-state index in [1.807, 2.05) is 30.3 Å². The number of benzene rings is 2. The van der Waals surface area contributed by atoms with Gasteiger partial charge in [-0.1, -0.05) is 23.7 Å². The SMILES string of the molecule is COc1ccc(N(/N=C/C(N)O)C2=CCCc3ccc(NC(=O)c4nc(N5CCOCC5)ccc4Cl)cc32)cc1OC. The predicted octanol–water partition coefficient (Wildman–Crippen LogP) is 3.90. The van der Waals surface area contributed by atoms with Crippen molar-refractivity contribution in [3.63, 3.8) is 0 Å². The quantitative estimate of drug-likeness (QED) is 0.192. The van der Waals surface area contributed by atoms with Gasteiger partial charge in [0.15, 0.2) is 11.5 Å². The van der Waals surface area contributed by atoms with Crippen molar-refractivity contribution in [2.75, 3.05) is 55.7 Å². The number of carbonyl (C=O) groups is 1. The van der Waals surface area contributed by atoms with Gasteiger partial charge in [0.25, 0.3) is 5.91 Å². The lowest BCUT2D eigenvalue weighted by Crippen LogP contribution is -2.37. The van der Waals surface area contributed by atoms with Crippen LogP contribution in [-0.4, -0.2) is 69.0 Å². The Balaban J connectivity index is 1.46. The molecule has 0 bridgehead atoms. The maximum absolute atomic E-state index is 13.4. The number of amides is 1. The van der Waals surface area contributed by atoms with Gasteiger partial charge in [-0.15, -0.1) is 0 Å².